The van der Waals surface area contributed by atoms with Gasteiger partial charge in [0.05, 0.1) is 13.2 Å². The minimum Gasteiger partial charge on any atom is -0.494 e. The van der Waals surface area contributed by atoms with Gasteiger partial charge in [0.1, 0.15) is 5.75 Å². The van der Waals surface area contributed by atoms with Crippen LogP contribution in [-0.4, -0.2) is 61.7 Å². The summed E-state index contributed by atoms with van der Waals surface area (Å²) >= 11 is 0. The zero-order valence-corrected chi connectivity index (χ0v) is 17.3. The molecule has 0 radical (unpaired) electrons. The van der Waals surface area contributed by atoms with Crippen molar-refractivity contribution in [3.63, 3.8) is 0 Å². The highest BCUT2D eigenvalue weighted by Gasteiger charge is 2.21. The van der Waals surface area contributed by atoms with Crippen LogP contribution in [0.3, 0.4) is 0 Å². The summed E-state index contributed by atoms with van der Waals surface area (Å²) in [6.07, 6.45) is 0. The molecular weight excluding hydrogens is 368 g/mol. The van der Waals surface area contributed by atoms with Crippen LogP contribution in [0.5, 0.6) is 17.2 Å². The second-order valence-corrected chi connectivity index (χ2v) is 6.90. The van der Waals surface area contributed by atoms with Crippen LogP contribution >= 0.6 is 0 Å². The van der Waals surface area contributed by atoms with Crippen molar-refractivity contribution in [3.05, 3.63) is 54.1 Å². The first kappa shape index (κ1) is 21.0. The van der Waals surface area contributed by atoms with Crippen LogP contribution in [0.1, 0.15) is 19.4 Å². The molecule has 0 N–H and O–H groups in total. The van der Waals surface area contributed by atoms with Crippen molar-refractivity contribution in [3.8, 4) is 17.2 Å². The van der Waals surface area contributed by atoms with E-state index in [2.05, 4.69) is 17.0 Å². The predicted octanol–water partition coefficient (Wildman–Crippen LogP) is 3.21. The van der Waals surface area contributed by atoms with Gasteiger partial charge in [-0.25, -0.2) is 0 Å². The molecule has 0 aliphatic carbocycles. The highest BCUT2D eigenvalue weighted by atomic mass is 16.5. The number of carbonyl (C=O) groups is 1. The van der Waals surface area contributed by atoms with Crippen molar-refractivity contribution in [1.82, 2.24) is 9.80 Å². The van der Waals surface area contributed by atoms with Crippen molar-refractivity contribution in [2.24, 2.45) is 0 Å². The Hall–Kier alpha value is -2.73. The molecule has 156 valence electrons. The Kier molecular flexibility index (Phi) is 7.76. The molecule has 0 unspecified atom stereocenters. The van der Waals surface area contributed by atoms with Gasteiger partial charge in [-0.15, -0.1) is 0 Å². The first-order valence-corrected chi connectivity index (χ1v) is 10.3. The normalized spacial score (nSPS) is 14.5. The molecule has 1 amide bonds. The van der Waals surface area contributed by atoms with Gasteiger partial charge in [-0.05, 0) is 43.7 Å². The Morgan fingerprint density at radius 3 is 2.07 bits per heavy atom. The summed E-state index contributed by atoms with van der Waals surface area (Å²) in [5.41, 5.74) is 1.25. The van der Waals surface area contributed by atoms with Gasteiger partial charge >= 0.3 is 0 Å². The maximum Gasteiger partial charge on any atom is 0.260 e. The third-order valence-corrected chi connectivity index (χ3v) is 4.87. The molecular formula is C23H30N2O4. The van der Waals surface area contributed by atoms with E-state index in [4.69, 9.17) is 14.2 Å². The quantitative estimate of drug-likeness (QED) is 0.649. The second-order valence-electron chi connectivity index (χ2n) is 6.90. The third kappa shape index (κ3) is 6.12. The summed E-state index contributed by atoms with van der Waals surface area (Å²) in [6, 6.07) is 15.7. The molecule has 0 spiro atoms. The number of rotatable bonds is 9. The van der Waals surface area contributed by atoms with Crippen LogP contribution in [0.2, 0.25) is 0 Å². The standard InChI is InChI=1S/C23H30N2O4/c1-3-27-20-11-9-19(10-12-20)17-24-13-15-25(16-14-24)23(26)18-29-22-8-6-5-7-21(22)28-4-2/h5-12H,3-4,13-18H2,1-2H3. The van der Waals surface area contributed by atoms with E-state index in [-0.39, 0.29) is 12.5 Å². The third-order valence-electron chi connectivity index (χ3n) is 4.87. The van der Waals surface area contributed by atoms with Crippen LogP contribution in [0, 0.1) is 0 Å². The number of carbonyl (C=O) groups excluding carboxylic acids is 1. The zero-order chi connectivity index (χ0) is 20.5. The average molecular weight is 399 g/mol. The molecule has 6 nitrogen and oxygen atoms in total. The Balaban J connectivity index is 1.43. The number of hydrogen-bond acceptors (Lipinski definition) is 5. The van der Waals surface area contributed by atoms with Crippen molar-refractivity contribution < 1.29 is 19.0 Å². The van der Waals surface area contributed by atoms with Crippen LogP contribution in [0.25, 0.3) is 0 Å². The second kappa shape index (κ2) is 10.7. The molecule has 1 fully saturated rings. The largest absolute Gasteiger partial charge is 0.494 e. The van der Waals surface area contributed by atoms with Gasteiger partial charge in [0, 0.05) is 32.7 Å². The van der Waals surface area contributed by atoms with Gasteiger partial charge in [0.25, 0.3) is 5.91 Å². The fourth-order valence-corrected chi connectivity index (χ4v) is 3.35. The number of ether oxygens (including phenoxy) is 3. The predicted molar refractivity (Wildman–Crippen MR) is 113 cm³/mol. The lowest BCUT2D eigenvalue weighted by Crippen LogP contribution is -2.49. The summed E-state index contributed by atoms with van der Waals surface area (Å²) in [5, 5.41) is 0. The highest BCUT2D eigenvalue weighted by Crippen LogP contribution is 2.26. The number of amides is 1. The van der Waals surface area contributed by atoms with E-state index >= 15 is 0 Å². The Labute approximate surface area is 173 Å². The number of para-hydroxylation sites is 2. The van der Waals surface area contributed by atoms with E-state index in [1.54, 1.807) is 0 Å². The van der Waals surface area contributed by atoms with Crippen LogP contribution < -0.4 is 14.2 Å². The van der Waals surface area contributed by atoms with Crippen molar-refractivity contribution in [2.75, 3.05) is 46.0 Å². The molecule has 1 heterocycles. The summed E-state index contributed by atoms with van der Waals surface area (Å²) < 4.78 is 16.7. The Morgan fingerprint density at radius 1 is 0.828 bits per heavy atom. The van der Waals surface area contributed by atoms with E-state index in [9.17, 15) is 4.79 Å². The summed E-state index contributed by atoms with van der Waals surface area (Å²) in [4.78, 5) is 16.8. The fourth-order valence-electron chi connectivity index (χ4n) is 3.35. The minimum atomic E-state index is 0.0111. The summed E-state index contributed by atoms with van der Waals surface area (Å²) in [6.45, 7) is 9.20. The van der Waals surface area contributed by atoms with Gasteiger partial charge in [-0.3, -0.25) is 9.69 Å². The van der Waals surface area contributed by atoms with Crippen LogP contribution in [0.15, 0.2) is 48.5 Å². The first-order chi connectivity index (χ1) is 14.2. The van der Waals surface area contributed by atoms with Gasteiger partial charge in [0.2, 0.25) is 0 Å². The molecule has 1 aliphatic heterocycles. The van der Waals surface area contributed by atoms with Crippen molar-refractivity contribution in [1.29, 1.82) is 0 Å². The fraction of sp³-hybridized carbons (Fsp3) is 0.435. The topological polar surface area (TPSA) is 51.2 Å². The van der Waals surface area contributed by atoms with E-state index in [0.717, 1.165) is 25.4 Å². The van der Waals surface area contributed by atoms with E-state index in [0.29, 0.717) is 37.8 Å². The molecule has 1 aliphatic rings. The number of piperazine rings is 1. The van der Waals surface area contributed by atoms with Crippen LogP contribution in [0.4, 0.5) is 0 Å². The van der Waals surface area contributed by atoms with E-state index < -0.39 is 0 Å². The molecule has 0 saturated carbocycles. The maximum atomic E-state index is 12.5. The van der Waals surface area contributed by atoms with Crippen molar-refractivity contribution in [2.45, 2.75) is 20.4 Å². The Morgan fingerprint density at radius 2 is 1.45 bits per heavy atom. The average Bonchev–Trinajstić information content (AvgIpc) is 2.75. The molecule has 3 rings (SSSR count). The summed E-state index contributed by atoms with van der Waals surface area (Å²) in [7, 11) is 0. The molecule has 0 aromatic heterocycles. The van der Waals surface area contributed by atoms with Crippen LogP contribution in [-0.2, 0) is 11.3 Å². The van der Waals surface area contributed by atoms with Gasteiger partial charge < -0.3 is 19.1 Å². The van der Waals surface area contributed by atoms with Gasteiger partial charge in [-0.2, -0.15) is 0 Å². The highest BCUT2D eigenvalue weighted by molar-refractivity contribution is 5.78. The maximum absolute atomic E-state index is 12.5. The lowest BCUT2D eigenvalue weighted by Gasteiger charge is -2.34. The molecule has 29 heavy (non-hydrogen) atoms. The lowest BCUT2D eigenvalue weighted by molar-refractivity contribution is -0.135. The first-order valence-electron chi connectivity index (χ1n) is 10.3. The number of benzene rings is 2. The molecule has 0 atom stereocenters. The molecule has 2 aromatic carbocycles. The molecule has 0 bridgehead atoms. The molecule has 1 saturated heterocycles. The monoisotopic (exact) mass is 398 g/mol. The minimum absolute atomic E-state index is 0.0111. The Bertz CT molecular complexity index is 771. The van der Waals surface area contributed by atoms with Crippen molar-refractivity contribution >= 4 is 5.91 Å². The SMILES string of the molecule is CCOc1ccc(CN2CCN(C(=O)COc3ccccc3OCC)CC2)cc1. The number of hydrogen-bond donors (Lipinski definition) is 0. The van der Waals surface area contributed by atoms with Gasteiger partial charge in [-0.1, -0.05) is 24.3 Å². The smallest absolute Gasteiger partial charge is 0.260 e. The zero-order valence-electron chi connectivity index (χ0n) is 17.3. The lowest BCUT2D eigenvalue weighted by atomic mass is 10.2. The van der Waals surface area contributed by atoms with E-state index in [1.165, 1.54) is 5.56 Å². The molecule has 6 heteroatoms. The molecule has 2 aromatic rings. The number of nitrogens with zero attached hydrogens (tertiary/aromatic N) is 2. The van der Waals surface area contributed by atoms with E-state index in [1.807, 2.05) is 55.1 Å². The summed E-state index contributed by atoms with van der Waals surface area (Å²) in [5.74, 6) is 2.19. The van der Waals surface area contributed by atoms with Gasteiger partial charge in [0.15, 0.2) is 18.1 Å².